The van der Waals surface area contributed by atoms with Crippen LogP contribution in [-0.2, 0) is 14.1 Å². The highest BCUT2D eigenvalue weighted by Crippen LogP contribution is 2.18. The monoisotopic (exact) mass is 374 g/mol. The van der Waals surface area contributed by atoms with E-state index in [4.69, 9.17) is 0 Å². The molecule has 0 atom stereocenters. The first-order valence-corrected chi connectivity index (χ1v) is 9.45. The highest BCUT2D eigenvalue weighted by atomic mass is 16.1. The lowest BCUT2D eigenvalue weighted by Crippen LogP contribution is -2.09. The Hall–Kier alpha value is -3.28. The van der Waals surface area contributed by atoms with Crippen molar-refractivity contribution in [2.45, 2.75) is 25.7 Å². The normalized spacial score (nSPS) is 11.4. The van der Waals surface area contributed by atoms with E-state index in [2.05, 4.69) is 9.97 Å². The molecule has 0 aliphatic heterocycles. The SMILES string of the molecule is Cn1c(C(=O)CCCCC(=O)c2nc3ccccc3n2C)nc2ccccc21. The lowest BCUT2D eigenvalue weighted by atomic mass is 10.1. The summed E-state index contributed by atoms with van der Waals surface area (Å²) in [7, 11) is 3.72. The Morgan fingerprint density at radius 2 is 1.11 bits per heavy atom. The molecule has 2 aromatic carbocycles. The first kappa shape index (κ1) is 18.1. The predicted octanol–water partition coefficient (Wildman–Crippen LogP) is 4.09. The van der Waals surface area contributed by atoms with Gasteiger partial charge in [-0.3, -0.25) is 9.59 Å². The van der Waals surface area contributed by atoms with E-state index in [-0.39, 0.29) is 11.6 Å². The number of fused-ring (bicyclic) bond motifs is 2. The summed E-state index contributed by atoms with van der Waals surface area (Å²) in [5.74, 6) is 0.966. The van der Waals surface area contributed by atoms with Crippen molar-refractivity contribution in [1.82, 2.24) is 19.1 Å². The second-order valence-electron chi connectivity index (χ2n) is 7.02. The van der Waals surface area contributed by atoms with Gasteiger partial charge in [0, 0.05) is 26.9 Å². The van der Waals surface area contributed by atoms with E-state index in [0.717, 1.165) is 22.1 Å². The Labute approximate surface area is 162 Å². The smallest absolute Gasteiger partial charge is 0.198 e. The average Bonchev–Trinajstić information content (AvgIpc) is 3.23. The average molecular weight is 374 g/mol. The molecule has 4 rings (SSSR count). The molecular weight excluding hydrogens is 352 g/mol. The van der Waals surface area contributed by atoms with Gasteiger partial charge in [0.15, 0.2) is 23.2 Å². The van der Waals surface area contributed by atoms with E-state index in [1.807, 2.05) is 71.8 Å². The van der Waals surface area contributed by atoms with Crippen LogP contribution in [0.15, 0.2) is 48.5 Å². The quantitative estimate of drug-likeness (QED) is 0.361. The predicted molar refractivity (Wildman–Crippen MR) is 109 cm³/mol. The number of ketones is 2. The molecule has 4 aromatic rings. The second kappa shape index (κ2) is 7.38. The van der Waals surface area contributed by atoms with Crippen molar-refractivity contribution in [2.75, 3.05) is 0 Å². The van der Waals surface area contributed by atoms with Crippen LogP contribution in [0.25, 0.3) is 22.1 Å². The zero-order chi connectivity index (χ0) is 19.7. The van der Waals surface area contributed by atoms with Crippen LogP contribution in [0.3, 0.4) is 0 Å². The lowest BCUT2D eigenvalue weighted by molar-refractivity contribution is 0.0942. The van der Waals surface area contributed by atoms with Gasteiger partial charge in [0.05, 0.1) is 22.1 Å². The minimum absolute atomic E-state index is 0.00822. The number of carbonyl (C=O) groups excluding carboxylic acids is 2. The third-order valence-corrected chi connectivity index (χ3v) is 5.13. The summed E-state index contributed by atoms with van der Waals surface area (Å²) in [5.41, 5.74) is 3.54. The van der Waals surface area contributed by atoms with Gasteiger partial charge in [-0.05, 0) is 37.1 Å². The van der Waals surface area contributed by atoms with Gasteiger partial charge >= 0.3 is 0 Å². The number of rotatable bonds is 7. The molecule has 2 heterocycles. The fourth-order valence-corrected chi connectivity index (χ4v) is 3.58. The maximum atomic E-state index is 12.5. The van der Waals surface area contributed by atoms with Gasteiger partial charge in [0.25, 0.3) is 0 Å². The van der Waals surface area contributed by atoms with Crippen LogP contribution >= 0.6 is 0 Å². The van der Waals surface area contributed by atoms with Gasteiger partial charge in [-0.15, -0.1) is 0 Å². The van der Waals surface area contributed by atoms with E-state index in [9.17, 15) is 9.59 Å². The van der Waals surface area contributed by atoms with Gasteiger partial charge in [0.2, 0.25) is 0 Å². The summed E-state index contributed by atoms with van der Waals surface area (Å²) < 4.78 is 3.67. The van der Waals surface area contributed by atoms with Crippen molar-refractivity contribution in [3.8, 4) is 0 Å². The Morgan fingerprint density at radius 3 is 1.50 bits per heavy atom. The number of unbranched alkanes of at least 4 members (excludes halogenated alkanes) is 1. The van der Waals surface area contributed by atoms with Gasteiger partial charge in [-0.1, -0.05) is 24.3 Å². The highest BCUT2D eigenvalue weighted by molar-refractivity contribution is 5.97. The van der Waals surface area contributed by atoms with Crippen molar-refractivity contribution in [2.24, 2.45) is 14.1 Å². The molecular formula is C22H22N4O2. The van der Waals surface area contributed by atoms with Gasteiger partial charge in [0.1, 0.15) is 0 Å². The molecule has 6 nitrogen and oxygen atoms in total. The van der Waals surface area contributed by atoms with Gasteiger partial charge < -0.3 is 9.13 Å². The molecule has 0 aliphatic carbocycles. The van der Waals surface area contributed by atoms with Crippen LogP contribution in [0.1, 0.15) is 46.9 Å². The highest BCUT2D eigenvalue weighted by Gasteiger charge is 2.17. The standard InChI is InChI=1S/C22H22N4O2/c1-25-17-11-5-3-9-15(17)23-21(25)19(27)13-7-8-14-20(28)22-24-16-10-4-6-12-18(16)26(22)2/h3-6,9-12H,7-8,13-14H2,1-2H3. The molecule has 2 aromatic heterocycles. The van der Waals surface area contributed by atoms with E-state index in [0.29, 0.717) is 37.3 Å². The topological polar surface area (TPSA) is 69.8 Å². The lowest BCUT2D eigenvalue weighted by Gasteiger charge is -2.03. The first-order chi connectivity index (χ1) is 13.6. The number of aryl methyl sites for hydroxylation is 2. The molecule has 0 unspecified atom stereocenters. The summed E-state index contributed by atoms with van der Waals surface area (Å²) in [5, 5.41) is 0. The van der Waals surface area contributed by atoms with Crippen LogP contribution in [0.2, 0.25) is 0 Å². The third kappa shape index (κ3) is 3.22. The molecule has 6 heteroatoms. The number of hydrogen-bond donors (Lipinski definition) is 0. The van der Waals surface area contributed by atoms with Gasteiger partial charge in [-0.2, -0.15) is 0 Å². The number of carbonyl (C=O) groups is 2. The summed E-state index contributed by atoms with van der Waals surface area (Å²) in [4.78, 5) is 34.0. The zero-order valence-corrected chi connectivity index (χ0v) is 16.1. The van der Waals surface area contributed by atoms with Crippen LogP contribution in [-0.4, -0.2) is 30.7 Å². The molecule has 28 heavy (non-hydrogen) atoms. The number of benzene rings is 2. The first-order valence-electron chi connectivity index (χ1n) is 9.45. The van der Waals surface area contributed by atoms with Crippen molar-refractivity contribution in [3.63, 3.8) is 0 Å². The maximum absolute atomic E-state index is 12.5. The molecule has 0 spiro atoms. The van der Waals surface area contributed by atoms with E-state index >= 15 is 0 Å². The van der Waals surface area contributed by atoms with Crippen LogP contribution < -0.4 is 0 Å². The molecule has 0 bridgehead atoms. The fourth-order valence-electron chi connectivity index (χ4n) is 3.58. The van der Waals surface area contributed by atoms with Crippen molar-refractivity contribution in [1.29, 1.82) is 0 Å². The molecule has 142 valence electrons. The number of nitrogens with zero attached hydrogens (tertiary/aromatic N) is 4. The molecule has 0 amide bonds. The summed E-state index contributed by atoms with van der Waals surface area (Å²) in [6.07, 6.45) is 2.06. The molecule has 0 fully saturated rings. The van der Waals surface area contributed by atoms with E-state index < -0.39 is 0 Å². The Balaban J connectivity index is 1.36. The largest absolute Gasteiger partial charge is 0.325 e. The summed E-state index contributed by atoms with van der Waals surface area (Å²) in [6.45, 7) is 0. The van der Waals surface area contributed by atoms with Crippen molar-refractivity contribution >= 4 is 33.6 Å². The Morgan fingerprint density at radius 1 is 0.714 bits per heavy atom. The zero-order valence-electron chi connectivity index (χ0n) is 16.1. The fraction of sp³-hybridized carbons (Fsp3) is 0.273. The van der Waals surface area contributed by atoms with Crippen LogP contribution in [0.4, 0.5) is 0 Å². The van der Waals surface area contributed by atoms with E-state index in [1.54, 1.807) is 0 Å². The number of imidazole rings is 2. The summed E-state index contributed by atoms with van der Waals surface area (Å²) >= 11 is 0. The molecule has 0 saturated heterocycles. The number of hydrogen-bond acceptors (Lipinski definition) is 4. The summed E-state index contributed by atoms with van der Waals surface area (Å²) in [6, 6.07) is 15.4. The minimum Gasteiger partial charge on any atom is -0.325 e. The number of aromatic nitrogens is 4. The second-order valence-corrected chi connectivity index (χ2v) is 7.02. The van der Waals surface area contributed by atoms with Crippen molar-refractivity contribution < 1.29 is 9.59 Å². The maximum Gasteiger partial charge on any atom is 0.198 e. The Kier molecular flexibility index (Phi) is 4.77. The minimum atomic E-state index is 0.00822. The van der Waals surface area contributed by atoms with Crippen LogP contribution in [0, 0.1) is 0 Å². The van der Waals surface area contributed by atoms with E-state index in [1.165, 1.54) is 0 Å². The number of para-hydroxylation sites is 4. The third-order valence-electron chi connectivity index (χ3n) is 5.13. The Bertz CT molecular complexity index is 1090. The molecule has 0 N–H and O–H groups in total. The van der Waals surface area contributed by atoms with Crippen molar-refractivity contribution in [3.05, 3.63) is 60.2 Å². The van der Waals surface area contributed by atoms with Crippen LogP contribution in [0.5, 0.6) is 0 Å². The molecule has 0 radical (unpaired) electrons. The number of Topliss-reactive ketones (excluding diaryl/α,β-unsaturated/α-hetero) is 2. The molecule has 0 aliphatic rings. The van der Waals surface area contributed by atoms with Gasteiger partial charge in [-0.25, -0.2) is 9.97 Å². The molecule has 0 saturated carbocycles.